The van der Waals surface area contributed by atoms with Gasteiger partial charge in [-0.3, -0.25) is 14.2 Å². The summed E-state index contributed by atoms with van der Waals surface area (Å²) in [6.45, 7) is 2.30. The number of thiophene rings is 1. The quantitative estimate of drug-likeness (QED) is 0.232. The maximum atomic E-state index is 13.6. The number of aryl methyl sites for hydroxylation is 2. The number of aliphatic carboxylic acids is 1. The Morgan fingerprint density at radius 2 is 1.80 bits per heavy atom. The molecule has 7 rings (SSSR count). The summed E-state index contributed by atoms with van der Waals surface area (Å²) in [4.78, 5) is 42.7. The number of carbonyl (C=O) groups excluding carboxylic acids is 1. The molecule has 4 heterocycles. The van der Waals surface area contributed by atoms with Crippen molar-refractivity contribution in [2.45, 2.75) is 63.6 Å². The van der Waals surface area contributed by atoms with Crippen LogP contribution in [0.25, 0.3) is 11.1 Å². The molecule has 0 bridgehead atoms. The maximum absolute atomic E-state index is 13.6. The van der Waals surface area contributed by atoms with E-state index in [0.717, 1.165) is 36.5 Å². The summed E-state index contributed by atoms with van der Waals surface area (Å²) >= 11 is 1.74. The fourth-order valence-corrected chi connectivity index (χ4v) is 7.13. The molecule has 3 aliphatic rings. The van der Waals surface area contributed by atoms with Gasteiger partial charge in [-0.15, -0.1) is 11.3 Å². The summed E-state index contributed by atoms with van der Waals surface area (Å²) in [5.74, 6) is -2.54. The molecular weight excluding hydrogens is 607 g/mol. The molecule has 0 saturated carbocycles. The van der Waals surface area contributed by atoms with E-state index in [1.807, 2.05) is 18.2 Å². The standard InChI is InChI=1S/C30H29N5O2S.C2HF3O2/c36-29(33-16-23-12-21-14-31-17-27(21)38-23)26-11-9-22-15-32-28(30(37)35(22)26)34-25-10-8-19-6-7-20(13-24(19)25)18-4-2-1-3-5-18;3-2(4,5)1(6)7/h1-7,12-13,15,25-26,31H,8-11,14,16-17H2,(H,32,34)(H,33,36);(H,6,7)/t25-,26-;/m0./s1. The third-order valence-electron chi connectivity index (χ3n) is 8.23. The molecule has 4 N–H and O–H groups in total. The van der Waals surface area contributed by atoms with Crippen molar-refractivity contribution in [3.63, 3.8) is 0 Å². The van der Waals surface area contributed by atoms with E-state index in [9.17, 15) is 22.8 Å². The van der Waals surface area contributed by atoms with E-state index in [2.05, 4.69) is 57.3 Å². The molecule has 1 amide bonds. The maximum Gasteiger partial charge on any atom is 0.490 e. The first-order valence-electron chi connectivity index (χ1n) is 14.5. The van der Waals surface area contributed by atoms with Crippen LogP contribution in [0.5, 0.6) is 0 Å². The molecule has 2 aromatic heterocycles. The number of halogens is 3. The Kier molecular flexibility index (Phi) is 8.47. The average molecular weight is 638 g/mol. The first-order chi connectivity index (χ1) is 21.6. The number of carboxylic acid groups (broad SMARTS) is 1. The van der Waals surface area contributed by atoms with E-state index in [1.165, 1.54) is 32.7 Å². The highest BCUT2D eigenvalue weighted by molar-refractivity contribution is 7.12. The largest absolute Gasteiger partial charge is 0.490 e. The van der Waals surface area contributed by atoms with E-state index >= 15 is 0 Å². The lowest BCUT2D eigenvalue weighted by Gasteiger charge is -2.18. The van der Waals surface area contributed by atoms with Crippen molar-refractivity contribution in [2.24, 2.45) is 0 Å². The van der Waals surface area contributed by atoms with Gasteiger partial charge in [-0.25, -0.2) is 9.78 Å². The molecule has 0 radical (unpaired) electrons. The number of benzene rings is 2. The fourth-order valence-electron chi connectivity index (χ4n) is 6.03. The molecule has 2 aliphatic heterocycles. The Hall–Kier alpha value is -4.49. The number of rotatable bonds is 6. The van der Waals surface area contributed by atoms with Crippen molar-refractivity contribution in [3.8, 4) is 11.1 Å². The van der Waals surface area contributed by atoms with Crippen molar-refractivity contribution in [1.82, 2.24) is 20.2 Å². The predicted octanol–water partition coefficient (Wildman–Crippen LogP) is 5.11. The van der Waals surface area contributed by atoms with Gasteiger partial charge < -0.3 is 21.1 Å². The van der Waals surface area contributed by atoms with Gasteiger partial charge in [-0.1, -0.05) is 42.5 Å². The number of hydrogen-bond donors (Lipinski definition) is 4. The van der Waals surface area contributed by atoms with Crippen LogP contribution in [0.4, 0.5) is 19.0 Å². The lowest BCUT2D eigenvalue weighted by Crippen LogP contribution is -2.36. The van der Waals surface area contributed by atoms with Crippen molar-refractivity contribution in [2.75, 3.05) is 5.32 Å². The highest BCUT2D eigenvalue weighted by atomic mass is 32.1. The van der Waals surface area contributed by atoms with Gasteiger partial charge in [0.15, 0.2) is 5.82 Å². The number of carbonyl (C=O) groups is 2. The molecule has 2 atom stereocenters. The second kappa shape index (κ2) is 12.5. The van der Waals surface area contributed by atoms with Gasteiger partial charge >= 0.3 is 12.1 Å². The van der Waals surface area contributed by atoms with Crippen molar-refractivity contribution >= 4 is 29.0 Å². The van der Waals surface area contributed by atoms with Crippen LogP contribution < -0.4 is 21.5 Å². The Bertz CT molecular complexity index is 1780. The molecule has 13 heteroatoms. The van der Waals surface area contributed by atoms with E-state index in [-0.39, 0.29) is 17.5 Å². The van der Waals surface area contributed by atoms with Crippen LogP contribution in [0, 0.1) is 0 Å². The van der Waals surface area contributed by atoms with Gasteiger partial charge in [-0.2, -0.15) is 13.2 Å². The monoisotopic (exact) mass is 637 g/mol. The zero-order chi connectivity index (χ0) is 31.7. The number of anilines is 1. The lowest BCUT2D eigenvalue weighted by molar-refractivity contribution is -0.192. The van der Waals surface area contributed by atoms with Crippen molar-refractivity contribution in [1.29, 1.82) is 0 Å². The minimum Gasteiger partial charge on any atom is -0.475 e. The molecule has 9 nitrogen and oxygen atoms in total. The van der Waals surface area contributed by atoms with Gasteiger partial charge in [0.05, 0.1) is 12.6 Å². The van der Waals surface area contributed by atoms with E-state index in [4.69, 9.17) is 9.90 Å². The molecule has 0 saturated heterocycles. The third-order valence-corrected chi connectivity index (χ3v) is 9.41. The summed E-state index contributed by atoms with van der Waals surface area (Å²) < 4.78 is 33.4. The van der Waals surface area contributed by atoms with Crippen LogP contribution in [0.1, 0.15) is 57.1 Å². The molecule has 0 spiro atoms. The van der Waals surface area contributed by atoms with Crippen LogP contribution in [-0.4, -0.2) is 32.7 Å². The first kappa shape index (κ1) is 30.5. The fraction of sp³-hybridized carbons (Fsp3) is 0.312. The van der Waals surface area contributed by atoms with Gasteiger partial charge in [0.1, 0.15) is 6.04 Å². The zero-order valence-corrected chi connectivity index (χ0v) is 24.8. The molecule has 4 aromatic rings. The zero-order valence-electron chi connectivity index (χ0n) is 24.0. The summed E-state index contributed by atoms with van der Waals surface area (Å²) in [6.07, 6.45) is -0.178. The number of carboxylic acids is 1. The van der Waals surface area contributed by atoms with Crippen LogP contribution in [-0.2, 0) is 42.1 Å². The highest BCUT2D eigenvalue weighted by Gasteiger charge is 2.38. The van der Waals surface area contributed by atoms with E-state index in [1.54, 1.807) is 22.1 Å². The molecule has 0 unspecified atom stereocenters. The Morgan fingerprint density at radius 1 is 1.02 bits per heavy atom. The van der Waals surface area contributed by atoms with Crippen LogP contribution >= 0.6 is 11.3 Å². The predicted molar refractivity (Wildman–Crippen MR) is 163 cm³/mol. The van der Waals surface area contributed by atoms with E-state index in [0.29, 0.717) is 25.2 Å². The molecule has 2 aromatic carbocycles. The highest BCUT2D eigenvalue weighted by Crippen LogP contribution is 2.36. The van der Waals surface area contributed by atoms with Crippen LogP contribution in [0.15, 0.2) is 65.6 Å². The number of fused-ring (bicyclic) bond motifs is 3. The molecule has 45 heavy (non-hydrogen) atoms. The van der Waals surface area contributed by atoms with Gasteiger partial charge in [0.2, 0.25) is 5.91 Å². The minimum absolute atomic E-state index is 0.0106. The number of nitrogens with zero attached hydrogens (tertiary/aromatic N) is 2. The Labute approximate surface area is 260 Å². The molecule has 234 valence electrons. The number of hydrogen-bond acceptors (Lipinski definition) is 7. The molecule has 0 fully saturated rings. The number of aromatic nitrogens is 2. The average Bonchev–Trinajstić information content (AvgIpc) is 3.81. The number of alkyl halides is 3. The van der Waals surface area contributed by atoms with Crippen molar-refractivity contribution < 1.29 is 27.9 Å². The Balaban J connectivity index is 0.000000460. The topological polar surface area (TPSA) is 125 Å². The number of amides is 1. The third kappa shape index (κ3) is 6.50. The second-order valence-corrected chi connectivity index (χ2v) is 12.3. The smallest absolute Gasteiger partial charge is 0.475 e. The second-order valence-electron chi connectivity index (χ2n) is 11.1. The SMILES string of the molecule is O=C(NCc1cc2c(s1)CNC2)[C@@H]1CCc2cnc(N[C@H]3CCc4ccc(-c5ccccc5)cc43)c(=O)n21.O=C(O)C(F)(F)F. The molecular formula is C32H30F3N5O4S. The lowest BCUT2D eigenvalue weighted by atomic mass is 9.99. The minimum atomic E-state index is -5.08. The summed E-state index contributed by atoms with van der Waals surface area (Å²) in [5.41, 5.74) is 6.79. The first-order valence-corrected chi connectivity index (χ1v) is 15.3. The van der Waals surface area contributed by atoms with Gasteiger partial charge in [-0.05, 0) is 65.6 Å². The van der Waals surface area contributed by atoms with Crippen LogP contribution in [0.2, 0.25) is 0 Å². The normalized spacial score (nSPS) is 17.9. The van der Waals surface area contributed by atoms with Gasteiger partial charge in [0, 0.05) is 34.7 Å². The molecule has 1 aliphatic carbocycles. The summed E-state index contributed by atoms with van der Waals surface area (Å²) in [5, 5.41) is 17.0. The van der Waals surface area contributed by atoms with Crippen molar-refractivity contribution in [3.05, 3.63) is 103 Å². The Morgan fingerprint density at radius 3 is 2.53 bits per heavy atom. The van der Waals surface area contributed by atoms with E-state index < -0.39 is 18.2 Å². The van der Waals surface area contributed by atoms with Crippen LogP contribution in [0.3, 0.4) is 0 Å². The summed E-state index contributed by atoms with van der Waals surface area (Å²) in [6, 6.07) is 18.6. The van der Waals surface area contributed by atoms with Gasteiger partial charge in [0.25, 0.3) is 5.56 Å². The summed E-state index contributed by atoms with van der Waals surface area (Å²) in [7, 11) is 0. The number of nitrogens with one attached hydrogen (secondary N) is 3.